The Morgan fingerprint density at radius 3 is 2.35 bits per heavy atom. The molecule has 0 spiro atoms. The minimum Gasteiger partial charge on any atom is -0.192 e. The van der Waals surface area contributed by atoms with Gasteiger partial charge in [0.1, 0.15) is 0 Å². The van der Waals surface area contributed by atoms with Gasteiger partial charge in [0, 0.05) is 4.91 Å². The first kappa shape index (κ1) is 14.0. The number of nitriles is 1. The molecule has 3 rings (SSSR count). The molecule has 0 amide bonds. The molecule has 0 unspecified atom stereocenters. The average Bonchev–Trinajstić information content (AvgIpc) is 3.16. The molecule has 0 bridgehead atoms. The Balaban J connectivity index is 1.65. The molecule has 1 aromatic carbocycles. The van der Waals surface area contributed by atoms with Crippen molar-refractivity contribution in [2.24, 2.45) is 0 Å². The molecular weight excluding hydrogens is 322 g/mol. The summed E-state index contributed by atoms with van der Waals surface area (Å²) in [6.45, 7) is 0. The Hall–Kier alpha value is -0.930. The first-order chi connectivity index (χ1) is 9.85. The molecule has 20 heavy (non-hydrogen) atoms. The average molecular weight is 332 g/mol. The third-order valence-corrected chi connectivity index (χ3v) is 7.55. The van der Waals surface area contributed by atoms with Crippen LogP contribution >= 0.6 is 47.0 Å². The molecule has 5 heteroatoms. The summed E-state index contributed by atoms with van der Waals surface area (Å²) < 4.78 is 2.74. The van der Waals surface area contributed by atoms with Crippen molar-refractivity contribution in [2.45, 2.75) is 0 Å². The van der Waals surface area contributed by atoms with E-state index in [1.165, 1.54) is 13.4 Å². The molecule has 2 heterocycles. The second-order valence-corrected chi connectivity index (χ2v) is 8.20. The number of hydrogen-bond donors (Lipinski definition) is 0. The van der Waals surface area contributed by atoms with E-state index in [0.29, 0.717) is 5.56 Å². The number of nitrogens with zero attached hydrogens (tertiary/aromatic N) is 1. The smallest absolute Gasteiger partial charge is 0.0991 e. The SMILES string of the molecule is N#Cc1ccc(/C=C/C2=CSC(=C3SC=CS3)S2)cc1. The van der Waals surface area contributed by atoms with Gasteiger partial charge in [-0.3, -0.25) is 0 Å². The van der Waals surface area contributed by atoms with Crippen molar-refractivity contribution >= 4 is 53.1 Å². The maximum Gasteiger partial charge on any atom is 0.0991 e. The topological polar surface area (TPSA) is 23.8 Å². The summed E-state index contributed by atoms with van der Waals surface area (Å²) in [6.07, 6.45) is 4.21. The predicted molar refractivity (Wildman–Crippen MR) is 94.8 cm³/mol. The number of benzene rings is 1. The summed E-state index contributed by atoms with van der Waals surface area (Å²) >= 11 is 7.20. The fourth-order valence-corrected chi connectivity index (χ4v) is 5.93. The molecule has 2 aliphatic rings. The van der Waals surface area contributed by atoms with Gasteiger partial charge in [-0.25, -0.2) is 0 Å². The first-order valence-corrected chi connectivity index (χ1v) is 9.26. The van der Waals surface area contributed by atoms with Crippen LogP contribution in [0.15, 0.2) is 59.9 Å². The molecule has 0 saturated carbocycles. The van der Waals surface area contributed by atoms with Gasteiger partial charge >= 0.3 is 0 Å². The van der Waals surface area contributed by atoms with Crippen molar-refractivity contribution in [2.75, 3.05) is 0 Å². The van der Waals surface area contributed by atoms with E-state index in [2.05, 4.69) is 34.4 Å². The highest BCUT2D eigenvalue weighted by atomic mass is 32.2. The molecule has 0 N–H and O–H groups in total. The van der Waals surface area contributed by atoms with Gasteiger partial charge in [-0.05, 0) is 40.0 Å². The highest BCUT2D eigenvalue weighted by Gasteiger charge is 2.17. The Kier molecular flexibility index (Phi) is 4.69. The summed E-state index contributed by atoms with van der Waals surface area (Å²) in [4.78, 5) is 1.26. The molecule has 0 radical (unpaired) electrons. The third-order valence-electron chi connectivity index (χ3n) is 2.54. The lowest BCUT2D eigenvalue weighted by atomic mass is 10.1. The summed E-state index contributed by atoms with van der Waals surface area (Å²) in [6, 6.07) is 9.75. The normalized spacial score (nSPS) is 17.9. The van der Waals surface area contributed by atoms with Crippen LogP contribution in [0.5, 0.6) is 0 Å². The standard InChI is InChI=1S/C15H9NS4/c16-9-12-3-1-11(2-4-12)5-6-13-10-19-15(20-13)14-17-7-8-18-14/h1-8,10H/b6-5+. The third kappa shape index (κ3) is 3.39. The van der Waals surface area contributed by atoms with E-state index < -0.39 is 0 Å². The van der Waals surface area contributed by atoms with Gasteiger partial charge in [0.2, 0.25) is 0 Å². The molecule has 1 nitrogen and oxygen atoms in total. The van der Waals surface area contributed by atoms with E-state index in [1.54, 1.807) is 35.3 Å². The molecule has 0 saturated heterocycles. The molecule has 0 aromatic heterocycles. The van der Waals surface area contributed by atoms with Crippen LogP contribution in [0, 0.1) is 11.3 Å². The number of hydrogen-bond acceptors (Lipinski definition) is 5. The summed E-state index contributed by atoms with van der Waals surface area (Å²) in [5.74, 6) is 0. The molecule has 0 atom stereocenters. The van der Waals surface area contributed by atoms with Gasteiger partial charge in [0.05, 0.1) is 20.1 Å². The Morgan fingerprint density at radius 2 is 1.65 bits per heavy atom. The van der Waals surface area contributed by atoms with Crippen molar-refractivity contribution in [1.29, 1.82) is 5.26 Å². The van der Waals surface area contributed by atoms with Crippen molar-refractivity contribution < 1.29 is 0 Å². The van der Waals surface area contributed by atoms with Crippen molar-refractivity contribution in [3.63, 3.8) is 0 Å². The quantitative estimate of drug-likeness (QED) is 0.664. The van der Waals surface area contributed by atoms with E-state index >= 15 is 0 Å². The summed E-state index contributed by atoms with van der Waals surface area (Å²) in [5.41, 5.74) is 1.81. The fraction of sp³-hybridized carbons (Fsp3) is 0. The largest absolute Gasteiger partial charge is 0.192 e. The minimum absolute atomic E-state index is 0.696. The van der Waals surface area contributed by atoms with Crippen LogP contribution in [0.25, 0.3) is 6.08 Å². The highest BCUT2D eigenvalue weighted by molar-refractivity contribution is 8.33. The van der Waals surface area contributed by atoms with Crippen LogP contribution in [0.2, 0.25) is 0 Å². The Morgan fingerprint density at radius 1 is 0.900 bits per heavy atom. The van der Waals surface area contributed by atoms with Crippen LogP contribution in [-0.2, 0) is 0 Å². The van der Waals surface area contributed by atoms with Gasteiger partial charge in [-0.2, -0.15) is 5.26 Å². The maximum atomic E-state index is 8.77. The van der Waals surface area contributed by atoms with Crippen molar-refractivity contribution in [3.05, 3.63) is 71.1 Å². The molecule has 1 aromatic rings. The number of allylic oxidation sites excluding steroid dienone is 1. The molecule has 0 fully saturated rings. The highest BCUT2D eigenvalue weighted by Crippen LogP contribution is 2.53. The summed E-state index contributed by atoms with van der Waals surface area (Å²) in [7, 11) is 0. The zero-order chi connectivity index (χ0) is 13.8. The molecule has 98 valence electrons. The Bertz CT molecular complexity index is 665. The molecule has 0 aliphatic carbocycles. The number of thioether (sulfide) groups is 4. The van der Waals surface area contributed by atoms with Gasteiger partial charge < -0.3 is 0 Å². The monoisotopic (exact) mass is 331 g/mol. The van der Waals surface area contributed by atoms with Crippen LogP contribution < -0.4 is 0 Å². The number of rotatable bonds is 2. The van der Waals surface area contributed by atoms with E-state index in [1.807, 2.05) is 36.0 Å². The van der Waals surface area contributed by atoms with Crippen LogP contribution in [-0.4, -0.2) is 0 Å². The molecular formula is C15H9NS4. The lowest BCUT2D eigenvalue weighted by molar-refractivity contribution is 1.48. The van der Waals surface area contributed by atoms with Crippen molar-refractivity contribution in [3.8, 4) is 6.07 Å². The van der Waals surface area contributed by atoms with E-state index in [-0.39, 0.29) is 0 Å². The van der Waals surface area contributed by atoms with E-state index in [9.17, 15) is 0 Å². The second-order valence-electron chi connectivity index (χ2n) is 3.89. The lowest BCUT2D eigenvalue weighted by Gasteiger charge is -1.99. The van der Waals surface area contributed by atoms with Gasteiger partial charge in [-0.1, -0.05) is 65.3 Å². The van der Waals surface area contributed by atoms with E-state index in [0.717, 1.165) is 5.56 Å². The summed E-state index contributed by atoms with van der Waals surface area (Å²) in [5, 5.41) is 15.2. The maximum absolute atomic E-state index is 8.77. The van der Waals surface area contributed by atoms with Gasteiger partial charge in [-0.15, -0.1) is 0 Å². The molecule has 2 aliphatic heterocycles. The van der Waals surface area contributed by atoms with Crippen LogP contribution in [0.1, 0.15) is 11.1 Å². The lowest BCUT2D eigenvalue weighted by Crippen LogP contribution is -1.75. The van der Waals surface area contributed by atoms with Gasteiger partial charge in [0.15, 0.2) is 0 Å². The first-order valence-electron chi connectivity index (χ1n) is 5.81. The minimum atomic E-state index is 0.696. The van der Waals surface area contributed by atoms with Crippen molar-refractivity contribution in [1.82, 2.24) is 0 Å². The Labute approximate surface area is 135 Å². The zero-order valence-corrected chi connectivity index (χ0v) is 13.5. The fourth-order valence-electron chi connectivity index (χ4n) is 1.58. The second kappa shape index (κ2) is 6.68. The van der Waals surface area contributed by atoms with Crippen LogP contribution in [0.3, 0.4) is 0 Å². The van der Waals surface area contributed by atoms with E-state index in [4.69, 9.17) is 5.26 Å². The van der Waals surface area contributed by atoms with Crippen LogP contribution in [0.4, 0.5) is 0 Å². The van der Waals surface area contributed by atoms with Gasteiger partial charge in [0.25, 0.3) is 0 Å². The predicted octanol–water partition coefficient (Wildman–Crippen LogP) is 5.97. The zero-order valence-electron chi connectivity index (χ0n) is 10.3.